The zero-order valence-electron chi connectivity index (χ0n) is 3.86. The highest BCUT2D eigenvalue weighted by molar-refractivity contribution is 5.01. The maximum atomic E-state index is 3.63. The number of nitrogens with zero attached hydrogens (tertiary/aromatic N) is 1. The van der Waals surface area contributed by atoms with E-state index in [4.69, 9.17) is 0 Å². The molecule has 0 amide bonds. The van der Waals surface area contributed by atoms with E-state index in [-0.39, 0.29) is 0 Å². The van der Waals surface area contributed by atoms with Gasteiger partial charge >= 0.3 is 0 Å². The Morgan fingerprint density at radius 2 is 2.50 bits per heavy atom. The molecule has 0 atom stereocenters. The lowest BCUT2D eigenvalue weighted by Crippen LogP contribution is -1.95. The van der Waals surface area contributed by atoms with Crippen LogP contribution in [-0.4, -0.2) is 11.6 Å². The van der Waals surface area contributed by atoms with Gasteiger partial charge in [-0.15, -0.1) is 0 Å². The first-order valence-electron chi connectivity index (χ1n) is 2.07. The molecule has 0 spiro atoms. The maximum absolute atomic E-state index is 3.63. The number of nitrogens with one attached hydrogen (secondary N) is 1. The molecule has 6 heavy (non-hydrogen) atoms. The second-order valence-corrected chi connectivity index (χ2v) is 1.30. The molecule has 1 N–H and O–H groups in total. The highest BCUT2D eigenvalue weighted by Gasteiger charge is 2.16. The average Bonchev–Trinajstić information content (AvgIpc) is 2.19. The molecule has 0 unspecified atom stereocenters. The maximum Gasteiger partial charge on any atom is 0.132 e. The third-order valence-electron chi connectivity index (χ3n) is 0.856. The van der Waals surface area contributed by atoms with Crippen molar-refractivity contribution >= 4 is 0 Å². The summed E-state index contributed by atoms with van der Waals surface area (Å²) >= 11 is 0. The number of hydrazine groups is 1. The van der Waals surface area contributed by atoms with E-state index < -0.39 is 0 Å². The summed E-state index contributed by atoms with van der Waals surface area (Å²) in [6.45, 7) is 6.73. The van der Waals surface area contributed by atoms with Gasteiger partial charge in [0.15, 0.2) is 0 Å². The van der Waals surface area contributed by atoms with E-state index in [2.05, 4.69) is 18.9 Å². The molecule has 1 aliphatic heterocycles. The van der Waals surface area contributed by atoms with Crippen LogP contribution in [0.15, 0.2) is 12.4 Å². The van der Waals surface area contributed by atoms with E-state index in [1.807, 2.05) is 5.01 Å². The Morgan fingerprint density at radius 3 is 2.50 bits per heavy atom. The SMILES string of the molecule is C=C1NN1CC. The first-order valence-corrected chi connectivity index (χ1v) is 2.07. The van der Waals surface area contributed by atoms with Gasteiger partial charge in [-0.25, -0.2) is 0 Å². The predicted octanol–water partition coefficient (Wildman–Crippen LogP) is 0.298. The van der Waals surface area contributed by atoms with Gasteiger partial charge in [-0.3, -0.25) is 10.4 Å². The van der Waals surface area contributed by atoms with Crippen molar-refractivity contribution in [3.63, 3.8) is 0 Å². The minimum Gasteiger partial charge on any atom is -0.281 e. The molecule has 0 aromatic rings. The van der Waals surface area contributed by atoms with Crippen LogP contribution in [0.1, 0.15) is 6.92 Å². The molecule has 34 valence electrons. The molecule has 0 aromatic heterocycles. The quantitative estimate of drug-likeness (QED) is 0.462. The predicted molar refractivity (Wildman–Crippen MR) is 24.7 cm³/mol. The molecule has 1 saturated heterocycles. The summed E-state index contributed by atoms with van der Waals surface area (Å²) in [6.07, 6.45) is 0. The van der Waals surface area contributed by atoms with Gasteiger partial charge in [0.25, 0.3) is 0 Å². The first kappa shape index (κ1) is 3.53. The van der Waals surface area contributed by atoms with Crippen molar-refractivity contribution in [3.8, 4) is 0 Å². The largest absolute Gasteiger partial charge is 0.281 e. The van der Waals surface area contributed by atoms with Gasteiger partial charge in [-0.2, -0.15) is 0 Å². The summed E-state index contributed by atoms with van der Waals surface area (Å²) in [4.78, 5) is 0. The Kier molecular flexibility index (Phi) is 0.528. The van der Waals surface area contributed by atoms with Crippen molar-refractivity contribution < 1.29 is 0 Å². The van der Waals surface area contributed by atoms with Crippen LogP contribution in [0.2, 0.25) is 0 Å². The summed E-state index contributed by atoms with van der Waals surface area (Å²) in [5.74, 6) is 1.04. The number of hydrogen-bond acceptors (Lipinski definition) is 2. The van der Waals surface area contributed by atoms with Gasteiger partial charge in [0.2, 0.25) is 0 Å². The molecule has 1 aliphatic rings. The fourth-order valence-electron chi connectivity index (χ4n) is 0.401. The monoisotopic (exact) mass is 84.1 g/mol. The fourth-order valence-corrected chi connectivity index (χ4v) is 0.401. The van der Waals surface area contributed by atoms with E-state index in [1.165, 1.54) is 0 Å². The third-order valence-corrected chi connectivity index (χ3v) is 0.856. The Balaban J connectivity index is 2.26. The summed E-state index contributed by atoms with van der Waals surface area (Å²) < 4.78 is 0. The van der Waals surface area contributed by atoms with Crippen molar-refractivity contribution in [2.75, 3.05) is 6.54 Å². The van der Waals surface area contributed by atoms with Gasteiger partial charge in [0.05, 0.1) is 0 Å². The molecule has 2 nitrogen and oxygen atoms in total. The highest BCUT2D eigenvalue weighted by Crippen LogP contribution is 2.06. The van der Waals surface area contributed by atoms with Crippen LogP contribution in [0, 0.1) is 0 Å². The second-order valence-electron chi connectivity index (χ2n) is 1.30. The van der Waals surface area contributed by atoms with Crippen LogP contribution in [0.3, 0.4) is 0 Å². The van der Waals surface area contributed by atoms with Gasteiger partial charge in [0.1, 0.15) is 5.82 Å². The molecule has 0 radical (unpaired) electrons. The smallest absolute Gasteiger partial charge is 0.132 e. The molecule has 0 aromatic carbocycles. The number of hydrogen-bond donors (Lipinski definition) is 1. The lowest BCUT2D eigenvalue weighted by Gasteiger charge is -1.82. The van der Waals surface area contributed by atoms with Crippen LogP contribution in [0.4, 0.5) is 0 Å². The Bertz CT molecular complexity index is 77.6. The Morgan fingerprint density at radius 1 is 2.00 bits per heavy atom. The fraction of sp³-hybridized carbons (Fsp3) is 0.500. The molecule has 1 heterocycles. The average molecular weight is 84.1 g/mol. The van der Waals surface area contributed by atoms with Crippen molar-refractivity contribution in [2.24, 2.45) is 0 Å². The number of rotatable bonds is 1. The Hall–Kier alpha value is -0.660. The van der Waals surface area contributed by atoms with Crippen LogP contribution in [0.25, 0.3) is 0 Å². The third kappa shape index (κ3) is 0.339. The van der Waals surface area contributed by atoms with Crippen molar-refractivity contribution in [1.82, 2.24) is 10.4 Å². The second kappa shape index (κ2) is 0.899. The standard InChI is InChI=1S/C4H8N2/c1-3-6-4(2)5-6/h5H,2-3H2,1H3. The topological polar surface area (TPSA) is 25.0 Å². The minimum atomic E-state index is 1.03. The van der Waals surface area contributed by atoms with Crippen molar-refractivity contribution in [2.45, 2.75) is 6.92 Å². The lowest BCUT2D eigenvalue weighted by atomic mass is 10.7. The van der Waals surface area contributed by atoms with Crippen LogP contribution >= 0.6 is 0 Å². The van der Waals surface area contributed by atoms with Crippen molar-refractivity contribution in [1.29, 1.82) is 0 Å². The van der Waals surface area contributed by atoms with Crippen LogP contribution in [0.5, 0.6) is 0 Å². The van der Waals surface area contributed by atoms with E-state index >= 15 is 0 Å². The molecular weight excluding hydrogens is 76.1 g/mol. The van der Waals surface area contributed by atoms with Gasteiger partial charge in [-0.05, 0) is 6.92 Å². The van der Waals surface area contributed by atoms with E-state index in [0.29, 0.717) is 0 Å². The molecular formula is C4H8N2. The van der Waals surface area contributed by atoms with E-state index in [9.17, 15) is 0 Å². The highest BCUT2D eigenvalue weighted by atomic mass is 15.7. The molecule has 2 heteroatoms. The summed E-state index contributed by atoms with van der Waals surface area (Å²) in [7, 11) is 0. The van der Waals surface area contributed by atoms with Crippen LogP contribution in [-0.2, 0) is 0 Å². The first-order chi connectivity index (χ1) is 2.84. The van der Waals surface area contributed by atoms with Gasteiger partial charge < -0.3 is 0 Å². The zero-order valence-corrected chi connectivity index (χ0v) is 3.86. The zero-order chi connectivity index (χ0) is 4.57. The van der Waals surface area contributed by atoms with Crippen LogP contribution < -0.4 is 5.43 Å². The van der Waals surface area contributed by atoms with Gasteiger partial charge in [-0.1, -0.05) is 6.58 Å². The molecule has 1 fully saturated rings. The minimum absolute atomic E-state index is 1.03. The molecule has 0 saturated carbocycles. The summed E-state index contributed by atoms with van der Waals surface area (Å²) in [5.41, 5.74) is 2.92. The molecule has 0 bridgehead atoms. The van der Waals surface area contributed by atoms with Crippen molar-refractivity contribution in [3.05, 3.63) is 12.4 Å². The molecule has 0 aliphatic carbocycles. The summed E-state index contributed by atoms with van der Waals surface area (Å²) in [5, 5.41) is 1.97. The van der Waals surface area contributed by atoms with E-state index in [1.54, 1.807) is 0 Å². The molecule has 1 rings (SSSR count). The van der Waals surface area contributed by atoms with Gasteiger partial charge in [0, 0.05) is 6.54 Å². The normalized spacial score (nSPS) is 17.5. The Labute approximate surface area is 37.4 Å². The summed E-state index contributed by atoms with van der Waals surface area (Å²) in [6, 6.07) is 0. The van der Waals surface area contributed by atoms with E-state index in [0.717, 1.165) is 12.4 Å². The lowest BCUT2D eigenvalue weighted by molar-refractivity contribution is 0.559.